The van der Waals surface area contributed by atoms with Gasteiger partial charge in [0.25, 0.3) is 0 Å². The third-order valence-corrected chi connectivity index (χ3v) is 6.16. The van der Waals surface area contributed by atoms with Crippen LogP contribution in [-0.4, -0.2) is 56.3 Å². The second kappa shape index (κ2) is 9.65. The third kappa shape index (κ3) is 4.81. The van der Waals surface area contributed by atoms with Crippen molar-refractivity contribution in [1.29, 1.82) is 0 Å². The molecule has 1 saturated heterocycles. The largest absolute Gasteiger partial charge is 0.495 e. The van der Waals surface area contributed by atoms with Crippen molar-refractivity contribution in [2.75, 3.05) is 56.6 Å². The number of halogens is 2. The molecule has 3 aromatic rings. The minimum Gasteiger partial charge on any atom is -0.495 e. The number of benzene rings is 2. The lowest BCUT2D eigenvalue weighted by Crippen LogP contribution is -2.47. The molecule has 1 fully saturated rings. The van der Waals surface area contributed by atoms with Gasteiger partial charge in [-0.25, -0.2) is 4.98 Å². The van der Waals surface area contributed by atoms with Crippen molar-refractivity contribution in [3.63, 3.8) is 0 Å². The topological polar surface area (TPSA) is 40.6 Å². The number of thiazole rings is 1. The van der Waals surface area contributed by atoms with Gasteiger partial charge in [-0.3, -0.25) is 4.90 Å². The molecule has 4 rings (SSSR count). The van der Waals surface area contributed by atoms with Gasteiger partial charge in [0.1, 0.15) is 5.75 Å². The molecule has 0 unspecified atom stereocenters. The fourth-order valence-corrected chi connectivity index (χ4v) is 4.47. The van der Waals surface area contributed by atoms with Gasteiger partial charge in [0.2, 0.25) is 0 Å². The van der Waals surface area contributed by atoms with Crippen molar-refractivity contribution in [3.8, 4) is 5.75 Å². The number of ether oxygens (including phenoxy) is 1. The van der Waals surface area contributed by atoms with Crippen molar-refractivity contribution in [1.82, 2.24) is 9.88 Å². The van der Waals surface area contributed by atoms with Crippen molar-refractivity contribution >= 4 is 56.4 Å². The molecule has 8 heteroatoms. The summed E-state index contributed by atoms with van der Waals surface area (Å²) < 4.78 is 6.51. The van der Waals surface area contributed by atoms with Gasteiger partial charge < -0.3 is 15.0 Å². The van der Waals surface area contributed by atoms with Crippen LogP contribution in [0, 0.1) is 0 Å². The summed E-state index contributed by atoms with van der Waals surface area (Å²) in [4.78, 5) is 9.56. The number of hydrogen-bond acceptors (Lipinski definition) is 6. The molecule has 0 atom stereocenters. The Morgan fingerprint density at radius 2 is 1.86 bits per heavy atom. The van der Waals surface area contributed by atoms with E-state index in [9.17, 15) is 0 Å². The van der Waals surface area contributed by atoms with Gasteiger partial charge in [-0.2, -0.15) is 0 Å². The number of fused-ring (bicyclic) bond motifs is 1. The van der Waals surface area contributed by atoms with Gasteiger partial charge in [-0.05, 0) is 36.4 Å². The maximum Gasteiger partial charge on any atom is 0.183 e. The summed E-state index contributed by atoms with van der Waals surface area (Å²) in [6, 6.07) is 14.1. The molecule has 0 spiro atoms. The van der Waals surface area contributed by atoms with E-state index in [2.05, 4.69) is 32.2 Å². The minimum absolute atomic E-state index is 0. The summed E-state index contributed by atoms with van der Waals surface area (Å²) in [6.07, 6.45) is 0. The smallest absolute Gasteiger partial charge is 0.183 e. The Hall–Kier alpha value is -1.73. The number of anilines is 2. The van der Waals surface area contributed by atoms with Crippen molar-refractivity contribution < 1.29 is 4.74 Å². The molecule has 2 heterocycles. The lowest BCUT2D eigenvalue weighted by Gasteiger charge is -2.36. The van der Waals surface area contributed by atoms with Gasteiger partial charge in [0.15, 0.2) is 5.13 Å². The normalized spacial score (nSPS) is 14.7. The molecule has 1 aliphatic heterocycles. The van der Waals surface area contributed by atoms with Crippen LogP contribution in [0.3, 0.4) is 0 Å². The first-order chi connectivity index (χ1) is 13.2. The molecule has 150 valence electrons. The van der Waals surface area contributed by atoms with Gasteiger partial charge >= 0.3 is 0 Å². The fraction of sp³-hybridized carbons (Fsp3) is 0.350. The summed E-state index contributed by atoms with van der Waals surface area (Å²) in [6.45, 7) is 6.13. The molecule has 1 N–H and O–H groups in total. The average Bonchev–Trinajstić information content (AvgIpc) is 3.12. The van der Waals surface area contributed by atoms with E-state index in [1.54, 1.807) is 18.4 Å². The van der Waals surface area contributed by atoms with Crippen molar-refractivity contribution in [2.24, 2.45) is 0 Å². The maximum atomic E-state index is 5.98. The first-order valence-corrected chi connectivity index (χ1v) is 10.3. The number of rotatable bonds is 6. The van der Waals surface area contributed by atoms with Crippen LogP contribution < -0.4 is 15.0 Å². The molecule has 28 heavy (non-hydrogen) atoms. The molecule has 1 aliphatic rings. The van der Waals surface area contributed by atoms with Crippen LogP contribution in [0.2, 0.25) is 5.02 Å². The molecule has 0 amide bonds. The molecule has 0 aliphatic carbocycles. The second-order valence-electron chi connectivity index (χ2n) is 6.56. The summed E-state index contributed by atoms with van der Waals surface area (Å²) in [5.41, 5.74) is 2.24. The third-order valence-electron chi connectivity index (χ3n) is 4.87. The molecule has 0 bridgehead atoms. The van der Waals surface area contributed by atoms with Crippen LogP contribution in [0.15, 0.2) is 42.5 Å². The Morgan fingerprint density at radius 1 is 1.11 bits per heavy atom. The number of aromatic nitrogens is 1. The highest BCUT2D eigenvalue weighted by molar-refractivity contribution is 7.22. The van der Waals surface area contributed by atoms with Gasteiger partial charge in [0, 0.05) is 50.0 Å². The van der Waals surface area contributed by atoms with Crippen LogP contribution in [0.5, 0.6) is 5.75 Å². The summed E-state index contributed by atoms with van der Waals surface area (Å²) in [5, 5.41) is 5.20. The highest BCUT2D eigenvalue weighted by Crippen LogP contribution is 2.33. The Bertz CT molecular complexity index is 895. The van der Waals surface area contributed by atoms with Gasteiger partial charge in [-0.15, -0.1) is 12.4 Å². The molecular weight excluding hydrogens is 415 g/mol. The van der Waals surface area contributed by atoms with Crippen LogP contribution in [-0.2, 0) is 0 Å². The SMILES string of the molecule is COc1cccc2nc(NCCN3CCN(c4ccc(Cl)cc4)CC3)sc12.Cl. The molecule has 5 nitrogen and oxygen atoms in total. The molecule has 1 aromatic heterocycles. The quantitative estimate of drug-likeness (QED) is 0.607. The fourth-order valence-electron chi connectivity index (χ4n) is 3.36. The van der Waals surface area contributed by atoms with E-state index in [0.717, 1.165) is 65.4 Å². The highest BCUT2D eigenvalue weighted by Gasteiger charge is 2.17. The van der Waals surface area contributed by atoms with E-state index >= 15 is 0 Å². The Kier molecular flexibility index (Phi) is 7.24. The first kappa shape index (κ1) is 21.0. The highest BCUT2D eigenvalue weighted by atomic mass is 35.5. The zero-order valence-electron chi connectivity index (χ0n) is 15.7. The van der Waals surface area contributed by atoms with Crippen LogP contribution >= 0.6 is 35.3 Å². The zero-order chi connectivity index (χ0) is 18.6. The van der Waals surface area contributed by atoms with Crippen LogP contribution in [0.1, 0.15) is 0 Å². The Labute approximate surface area is 180 Å². The van der Waals surface area contributed by atoms with Crippen molar-refractivity contribution in [2.45, 2.75) is 0 Å². The van der Waals surface area contributed by atoms with Gasteiger partial charge in [-0.1, -0.05) is 29.0 Å². The predicted molar refractivity (Wildman–Crippen MR) is 122 cm³/mol. The zero-order valence-corrected chi connectivity index (χ0v) is 18.1. The Morgan fingerprint density at radius 3 is 2.57 bits per heavy atom. The molecule has 0 radical (unpaired) electrons. The summed E-state index contributed by atoms with van der Waals surface area (Å²) in [7, 11) is 1.70. The van der Waals surface area contributed by atoms with E-state index in [1.807, 2.05) is 30.3 Å². The monoisotopic (exact) mass is 438 g/mol. The van der Waals surface area contributed by atoms with E-state index < -0.39 is 0 Å². The standard InChI is InChI=1S/C20H23ClN4OS.ClH/c1-26-18-4-2-3-17-19(18)27-20(23-17)22-9-10-24-11-13-25(14-12-24)16-7-5-15(21)6-8-16;/h2-8H,9-14H2,1H3,(H,22,23);1H. The van der Waals surface area contributed by atoms with E-state index in [4.69, 9.17) is 16.3 Å². The average molecular weight is 439 g/mol. The second-order valence-corrected chi connectivity index (χ2v) is 7.99. The number of nitrogens with one attached hydrogen (secondary N) is 1. The van der Waals surface area contributed by atoms with Crippen LogP contribution in [0.4, 0.5) is 10.8 Å². The maximum absolute atomic E-state index is 5.98. The molecule has 0 saturated carbocycles. The summed E-state index contributed by atoms with van der Waals surface area (Å²) in [5.74, 6) is 0.886. The molecule has 2 aromatic carbocycles. The van der Waals surface area contributed by atoms with Gasteiger partial charge in [0.05, 0.1) is 17.3 Å². The lowest BCUT2D eigenvalue weighted by atomic mass is 10.2. The number of methoxy groups -OCH3 is 1. The molecular formula is C20H24Cl2N4OS. The minimum atomic E-state index is 0. The lowest BCUT2D eigenvalue weighted by molar-refractivity contribution is 0.267. The number of piperazine rings is 1. The van der Waals surface area contributed by atoms with E-state index in [0.29, 0.717) is 0 Å². The summed E-state index contributed by atoms with van der Waals surface area (Å²) >= 11 is 7.63. The first-order valence-electron chi connectivity index (χ1n) is 9.13. The number of hydrogen-bond donors (Lipinski definition) is 1. The van der Waals surface area contributed by atoms with E-state index in [-0.39, 0.29) is 12.4 Å². The number of nitrogens with zero attached hydrogens (tertiary/aromatic N) is 3. The Balaban J connectivity index is 0.00000225. The van der Waals surface area contributed by atoms with E-state index in [1.165, 1.54) is 5.69 Å². The predicted octanol–water partition coefficient (Wildman–Crippen LogP) is 4.61. The van der Waals surface area contributed by atoms with Crippen LogP contribution in [0.25, 0.3) is 10.2 Å². The van der Waals surface area contributed by atoms with Crippen molar-refractivity contribution in [3.05, 3.63) is 47.5 Å².